The predicted octanol–water partition coefficient (Wildman–Crippen LogP) is 3.86. The topological polar surface area (TPSA) is 55.8 Å². The van der Waals surface area contributed by atoms with Gasteiger partial charge in [-0.15, -0.1) is 0 Å². The first kappa shape index (κ1) is 15.4. The number of ether oxygens (including phenoxy) is 2. The third kappa shape index (κ3) is 1.52. The molecule has 1 saturated heterocycles. The maximum atomic E-state index is 11.6. The van der Waals surface area contributed by atoms with E-state index in [2.05, 4.69) is 20.8 Å². The van der Waals surface area contributed by atoms with Crippen LogP contribution < -0.4 is 4.74 Å². The molecule has 2 fully saturated rings. The number of phenols is 1. The molecule has 0 unspecified atom stereocenters. The lowest BCUT2D eigenvalue weighted by Crippen LogP contribution is -2.62. The van der Waals surface area contributed by atoms with E-state index in [1.807, 2.05) is 12.1 Å². The Balaban J connectivity index is 1.91. The monoisotopic (exact) mass is 340 g/mol. The largest absolute Gasteiger partial charge is 0.508 e. The summed E-state index contributed by atoms with van der Waals surface area (Å²) in [7, 11) is 0. The van der Waals surface area contributed by atoms with Crippen LogP contribution in [0.5, 0.6) is 11.5 Å². The molecule has 2 heterocycles. The van der Waals surface area contributed by atoms with Gasteiger partial charge < -0.3 is 14.6 Å². The Labute approximate surface area is 147 Å². The van der Waals surface area contributed by atoms with Crippen LogP contribution in [0.3, 0.4) is 0 Å². The first-order valence-electron chi connectivity index (χ1n) is 9.18. The number of allylic oxidation sites excluding steroid dienone is 1. The molecule has 0 bridgehead atoms. The minimum atomic E-state index is -0.715. The van der Waals surface area contributed by atoms with Gasteiger partial charge >= 0.3 is 0 Å². The number of rotatable bonds is 1. The third-order valence-electron chi connectivity index (χ3n) is 7.42. The maximum absolute atomic E-state index is 11.6. The van der Waals surface area contributed by atoms with E-state index in [1.54, 1.807) is 12.1 Å². The summed E-state index contributed by atoms with van der Waals surface area (Å²) in [5.74, 6) is 1.31. The van der Waals surface area contributed by atoms with Gasteiger partial charge in [0.15, 0.2) is 0 Å². The molecule has 2 aliphatic carbocycles. The van der Waals surface area contributed by atoms with Crippen molar-refractivity contribution in [3.63, 3.8) is 0 Å². The molecule has 0 amide bonds. The number of aldehydes is 1. The van der Waals surface area contributed by atoms with Gasteiger partial charge in [0.25, 0.3) is 0 Å². The van der Waals surface area contributed by atoms with Crippen molar-refractivity contribution in [2.45, 2.75) is 63.3 Å². The van der Waals surface area contributed by atoms with Crippen LogP contribution in [-0.2, 0) is 15.1 Å². The van der Waals surface area contributed by atoms with E-state index in [0.717, 1.165) is 48.9 Å². The van der Waals surface area contributed by atoms with Gasteiger partial charge in [0.1, 0.15) is 29.0 Å². The Morgan fingerprint density at radius 2 is 2.04 bits per heavy atom. The Bertz CT molecular complexity index is 825. The molecule has 4 atom stereocenters. The molecule has 5 rings (SSSR count). The molecule has 1 aromatic rings. The van der Waals surface area contributed by atoms with E-state index in [0.29, 0.717) is 5.92 Å². The number of hydrogen-bond donors (Lipinski definition) is 1. The number of phenolic OH excluding ortho intramolecular Hbond substituents is 1. The summed E-state index contributed by atoms with van der Waals surface area (Å²) < 4.78 is 13.4. The summed E-state index contributed by atoms with van der Waals surface area (Å²) in [4.78, 5) is 11.6. The van der Waals surface area contributed by atoms with Gasteiger partial charge in [0, 0.05) is 11.5 Å². The van der Waals surface area contributed by atoms with Crippen molar-refractivity contribution >= 4 is 6.29 Å². The molecule has 1 aromatic carbocycles. The van der Waals surface area contributed by atoms with Gasteiger partial charge in [0.2, 0.25) is 0 Å². The van der Waals surface area contributed by atoms with Gasteiger partial charge in [-0.05, 0) is 76.3 Å². The Morgan fingerprint density at radius 1 is 1.24 bits per heavy atom. The maximum Gasteiger partial charge on any atom is 0.145 e. The molecule has 1 spiro atoms. The minimum absolute atomic E-state index is 0.199. The molecule has 4 nitrogen and oxygen atoms in total. The molecule has 25 heavy (non-hydrogen) atoms. The van der Waals surface area contributed by atoms with Crippen molar-refractivity contribution in [2.24, 2.45) is 11.3 Å². The number of carbonyl (C=O) groups excluding carboxylic acids is 1. The lowest BCUT2D eigenvalue weighted by atomic mass is 9.51. The molecule has 0 aromatic heterocycles. The summed E-state index contributed by atoms with van der Waals surface area (Å²) in [6, 6.07) is 5.25. The third-order valence-corrected chi connectivity index (χ3v) is 7.42. The highest BCUT2D eigenvalue weighted by atomic mass is 16.6. The number of hydrogen-bond acceptors (Lipinski definition) is 4. The van der Waals surface area contributed by atoms with E-state index >= 15 is 0 Å². The van der Waals surface area contributed by atoms with Crippen molar-refractivity contribution in [1.82, 2.24) is 0 Å². The predicted molar refractivity (Wildman–Crippen MR) is 92.5 cm³/mol. The van der Waals surface area contributed by atoms with E-state index < -0.39 is 5.60 Å². The minimum Gasteiger partial charge on any atom is -0.508 e. The standard InChI is InChI=1S/C21H24O4/c1-18(2)17-7-8-19(3)20(17)9-6-13(12-22)11-21(20,25-18)15-10-14(23)4-5-16(15)24-19/h4-5,10-12,17,23H,6-9H2,1-3H3/t17-,19-,20+,21-/m1/s1. The van der Waals surface area contributed by atoms with Crippen LogP contribution in [0.2, 0.25) is 0 Å². The second-order valence-corrected chi connectivity index (χ2v) is 8.85. The van der Waals surface area contributed by atoms with Gasteiger partial charge in [-0.3, -0.25) is 4.79 Å². The van der Waals surface area contributed by atoms with Crippen LogP contribution in [0.1, 0.15) is 52.0 Å². The van der Waals surface area contributed by atoms with E-state index in [4.69, 9.17) is 9.47 Å². The molecule has 0 radical (unpaired) electrons. The number of carbonyl (C=O) groups is 1. The summed E-state index contributed by atoms with van der Waals surface area (Å²) >= 11 is 0. The molecule has 1 saturated carbocycles. The Morgan fingerprint density at radius 3 is 2.80 bits per heavy atom. The fourth-order valence-electron chi connectivity index (χ4n) is 6.63. The highest BCUT2D eigenvalue weighted by Crippen LogP contribution is 2.77. The van der Waals surface area contributed by atoms with Crippen molar-refractivity contribution in [3.05, 3.63) is 35.4 Å². The number of fused-ring (bicyclic) bond motifs is 1. The summed E-state index contributed by atoms with van der Waals surface area (Å²) in [6.07, 6.45) is 6.66. The lowest BCUT2D eigenvalue weighted by molar-refractivity contribution is -0.169. The average molecular weight is 340 g/mol. The van der Waals surface area contributed by atoms with Crippen LogP contribution >= 0.6 is 0 Å². The van der Waals surface area contributed by atoms with Gasteiger partial charge in [-0.1, -0.05) is 0 Å². The van der Waals surface area contributed by atoms with Crippen molar-refractivity contribution < 1.29 is 19.4 Å². The van der Waals surface area contributed by atoms with Crippen molar-refractivity contribution in [2.75, 3.05) is 0 Å². The first-order valence-corrected chi connectivity index (χ1v) is 9.18. The smallest absolute Gasteiger partial charge is 0.145 e. The zero-order valence-corrected chi connectivity index (χ0v) is 15.0. The van der Waals surface area contributed by atoms with E-state index in [9.17, 15) is 9.90 Å². The van der Waals surface area contributed by atoms with Gasteiger partial charge in [-0.25, -0.2) is 0 Å². The fourth-order valence-corrected chi connectivity index (χ4v) is 6.63. The van der Waals surface area contributed by atoms with Crippen LogP contribution in [0.15, 0.2) is 29.8 Å². The highest BCUT2D eigenvalue weighted by Gasteiger charge is 2.79. The zero-order valence-electron chi connectivity index (χ0n) is 15.0. The van der Waals surface area contributed by atoms with Crippen LogP contribution in [0.4, 0.5) is 0 Å². The van der Waals surface area contributed by atoms with Crippen molar-refractivity contribution in [3.8, 4) is 11.5 Å². The van der Waals surface area contributed by atoms with Gasteiger partial charge in [-0.2, -0.15) is 0 Å². The summed E-state index contributed by atoms with van der Waals surface area (Å²) in [5, 5.41) is 10.2. The molecular formula is C21H24O4. The molecule has 4 aliphatic rings. The lowest BCUT2D eigenvalue weighted by Gasteiger charge is -2.57. The average Bonchev–Trinajstić information content (AvgIpc) is 2.97. The molecule has 4 heteroatoms. The van der Waals surface area contributed by atoms with Crippen LogP contribution in [0, 0.1) is 11.3 Å². The fraction of sp³-hybridized carbons (Fsp3) is 0.571. The normalized spacial score (nSPS) is 42.7. The second kappa shape index (κ2) is 4.29. The molecule has 132 valence electrons. The number of aromatic hydroxyl groups is 1. The summed E-state index contributed by atoms with van der Waals surface area (Å²) in [6.45, 7) is 6.53. The van der Waals surface area contributed by atoms with E-state index in [-0.39, 0.29) is 22.4 Å². The SMILES string of the molecule is CC1(C)O[C@@]23C=C(C=O)CC[C@@]24[C@@H]1CC[C@@]4(C)Oc1ccc(O)cc13. The highest BCUT2D eigenvalue weighted by molar-refractivity contribution is 5.75. The molecule has 2 aliphatic heterocycles. The molecule has 1 N–H and O–H groups in total. The quantitative estimate of drug-likeness (QED) is 0.789. The Hall–Kier alpha value is -1.81. The zero-order chi connectivity index (χ0) is 17.7. The van der Waals surface area contributed by atoms with Crippen molar-refractivity contribution in [1.29, 1.82) is 0 Å². The van der Waals surface area contributed by atoms with E-state index in [1.165, 1.54) is 0 Å². The summed E-state index contributed by atoms with van der Waals surface area (Å²) in [5.41, 5.74) is 0.0712. The number of benzene rings is 1. The molecular weight excluding hydrogens is 316 g/mol. The van der Waals surface area contributed by atoms with Crippen LogP contribution in [0.25, 0.3) is 0 Å². The second-order valence-electron chi connectivity index (χ2n) is 8.85. The van der Waals surface area contributed by atoms with Crippen LogP contribution in [-0.4, -0.2) is 22.6 Å². The van der Waals surface area contributed by atoms with Gasteiger partial charge in [0.05, 0.1) is 11.0 Å². The Kier molecular flexibility index (Phi) is 2.65. The first-order chi connectivity index (χ1) is 11.8.